The third kappa shape index (κ3) is 3.49. The average Bonchev–Trinajstić information content (AvgIpc) is 2.29. The SMILES string of the molecule is CCCN(CCO)c1ccc(CN)cn1. The quantitative estimate of drug-likeness (QED) is 0.725. The molecule has 3 N–H and O–H groups in total. The van der Waals surface area contributed by atoms with Crippen molar-refractivity contribution >= 4 is 5.82 Å². The summed E-state index contributed by atoms with van der Waals surface area (Å²) in [5, 5.41) is 8.94. The Morgan fingerprint density at radius 1 is 1.40 bits per heavy atom. The zero-order chi connectivity index (χ0) is 11.1. The van der Waals surface area contributed by atoms with Crippen LogP contribution in [0.1, 0.15) is 18.9 Å². The molecular formula is C11H19N3O. The first-order valence-electron chi connectivity index (χ1n) is 5.32. The molecule has 0 radical (unpaired) electrons. The molecule has 0 aromatic carbocycles. The molecule has 15 heavy (non-hydrogen) atoms. The summed E-state index contributed by atoms with van der Waals surface area (Å²) < 4.78 is 0. The molecule has 0 fully saturated rings. The van der Waals surface area contributed by atoms with Crippen molar-refractivity contribution in [2.24, 2.45) is 5.73 Å². The van der Waals surface area contributed by atoms with E-state index in [1.165, 1.54) is 0 Å². The Labute approximate surface area is 90.7 Å². The van der Waals surface area contributed by atoms with Crippen molar-refractivity contribution < 1.29 is 5.11 Å². The molecule has 0 amide bonds. The van der Waals surface area contributed by atoms with Gasteiger partial charge in [0.1, 0.15) is 5.82 Å². The lowest BCUT2D eigenvalue weighted by Gasteiger charge is -2.22. The van der Waals surface area contributed by atoms with Gasteiger partial charge in [-0.15, -0.1) is 0 Å². The summed E-state index contributed by atoms with van der Waals surface area (Å²) in [5.74, 6) is 0.906. The molecular weight excluding hydrogens is 190 g/mol. The molecule has 0 saturated heterocycles. The average molecular weight is 209 g/mol. The maximum Gasteiger partial charge on any atom is 0.128 e. The highest BCUT2D eigenvalue weighted by molar-refractivity contribution is 5.39. The van der Waals surface area contributed by atoms with Crippen molar-refractivity contribution in [3.8, 4) is 0 Å². The fourth-order valence-electron chi connectivity index (χ4n) is 1.46. The zero-order valence-corrected chi connectivity index (χ0v) is 9.19. The predicted molar refractivity (Wildman–Crippen MR) is 61.7 cm³/mol. The highest BCUT2D eigenvalue weighted by Crippen LogP contribution is 2.11. The van der Waals surface area contributed by atoms with Gasteiger partial charge in [-0.1, -0.05) is 13.0 Å². The second kappa shape index (κ2) is 6.37. The van der Waals surface area contributed by atoms with Crippen molar-refractivity contribution in [2.45, 2.75) is 19.9 Å². The van der Waals surface area contributed by atoms with Crippen molar-refractivity contribution in [3.63, 3.8) is 0 Å². The molecule has 0 saturated carbocycles. The second-order valence-electron chi connectivity index (χ2n) is 3.44. The van der Waals surface area contributed by atoms with Crippen LogP contribution in [0.3, 0.4) is 0 Å². The van der Waals surface area contributed by atoms with Gasteiger partial charge in [-0.2, -0.15) is 0 Å². The van der Waals surface area contributed by atoms with Gasteiger partial charge in [0.05, 0.1) is 6.61 Å². The van der Waals surface area contributed by atoms with E-state index in [1.807, 2.05) is 12.1 Å². The minimum atomic E-state index is 0.153. The Kier molecular flexibility index (Phi) is 5.07. The number of aliphatic hydroxyl groups is 1. The van der Waals surface area contributed by atoms with E-state index < -0.39 is 0 Å². The number of aliphatic hydroxyl groups excluding tert-OH is 1. The van der Waals surface area contributed by atoms with E-state index in [4.69, 9.17) is 10.8 Å². The molecule has 4 nitrogen and oxygen atoms in total. The van der Waals surface area contributed by atoms with Gasteiger partial charge in [-0.3, -0.25) is 0 Å². The number of rotatable bonds is 6. The van der Waals surface area contributed by atoms with Crippen LogP contribution in [-0.2, 0) is 6.54 Å². The van der Waals surface area contributed by atoms with Crippen molar-refractivity contribution in [1.82, 2.24) is 4.98 Å². The molecule has 84 valence electrons. The maximum absolute atomic E-state index is 8.94. The van der Waals surface area contributed by atoms with E-state index in [0.717, 1.165) is 24.3 Å². The van der Waals surface area contributed by atoms with E-state index >= 15 is 0 Å². The Morgan fingerprint density at radius 2 is 2.20 bits per heavy atom. The summed E-state index contributed by atoms with van der Waals surface area (Å²) >= 11 is 0. The molecule has 0 unspecified atom stereocenters. The van der Waals surface area contributed by atoms with E-state index in [2.05, 4.69) is 16.8 Å². The van der Waals surface area contributed by atoms with Crippen molar-refractivity contribution in [1.29, 1.82) is 0 Å². The number of hydrogen-bond acceptors (Lipinski definition) is 4. The van der Waals surface area contributed by atoms with Gasteiger partial charge >= 0.3 is 0 Å². The zero-order valence-electron chi connectivity index (χ0n) is 9.19. The highest BCUT2D eigenvalue weighted by Gasteiger charge is 2.05. The number of hydrogen-bond donors (Lipinski definition) is 2. The summed E-state index contributed by atoms with van der Waals surface area (Å²) in [6, 6.07) is 3.93. The highest BCUT2D eigenvalue weighted by atomic mass is 16.3. The Bertz CT molecular complexity index is 268. The molecule has 4 heteroatoms. The summed E-state index contributed by atoms with van der Waals surface area (Å²) in [6.45, 7) is 4.32. The lowest BCUT2D eigenvalue weighted by molar-refractivity contribution is 0.301. The minimum absolute atomic E-state index is 0.153. The number of anilines is 1. The largest absolute Gasteiger partial charge is 0.395 e. The summed E-state index contributed by atoms with van der Waals surface area (Å²) in [5.41, 5.74) is 6.53. The molecule has 0 atom stereocenters. The Hall–Kier alpha value is -1.13. The number of nitrogens with zero attached hydrogens (tertiary/aromatic N) is 2. The monoisotopic (exact) mass is 209 g/mol. The van der Waals surface area contributed by atoms with Crippen LogP contribution in [0.15, 0.2) is 18.3 Å². The summed E-state index contributed by atoms with van der Waals surface area (Å²) in [4.78, 5) is 6.39. The minimum Gasteiger partial charge on any atom is -0.395 e. The van der Waals surface area contributed by atoms with Gasteiger partial charge in [0.2, 0.25) is 0 Å². The predicted octanol–water partition coefficient (Wildman–Crippen LogP) is 0.749. The second-order valence-corrected chi connectivity index (χ2v) is 3.44. The van der Waals surface area contributed by atoms with E-state index in [0.29, 0.717) is 13.1 Å². The normalized spacial score (nSPS) is 10.3. The summed E-state index contributed by atoms with van der Waals surface area (Å²) in [7, 11) is 0. The number of pyridine rings is 1. The van der Waals surface area contributed by atoms with Crippen LogP contribution >= 0.6 is 0 Å². The first kappa shape index (κ1) is 11.9. The van der Waals surface area contributed by atoms with Crippen LogP contribution in [0.25, 0.3) is 0 Å². The van der Waals surface area contributed by atoms with Crippen LogP contribution in [0.2, 0.25) is 0 Å². The smallest absolute Gasteiger partial charge is 0.128 e. The Morgan fingerprint density at radius 3 is 2.67 bits per heavy atom. The molecule has 0 aliphatic rings. The van der Waals surface area contributed by atoms with E-state index in [-0.39, 0.29) is 6.61 Å². The molecule has 0 aliphatic carbocycles. The molecule has 0 spiro atoms. The third-order valence-electron chi connectivity index (χ3n) is 2.23. The fraction of sp³-hybridized carbons (Fsp3) is 0.545. The molecule has 1 heterocycles. The lowest BCUT2D eigenvalue weighted by Crippen LogP contribution is -2.28. The van der Waals surface area contributed by atoms with Crippen LogP contribution in [0.5, 0.6) is 0 Å². The maximum atomic E-state index is 8.94. The standard InChI is InChI=1S/C11H19N3O/c1-2-5-14(6-7-15)11-4-3-10(8-12)9-13-11/h3-4,9,15H,2,5-8,12H2,1H3. The van der Waals surface area contributed by atoms with Gasteiger partial charge in [0, 0.05) is 25.8 Å². The van der Waals surface area contributed by atoms with Crippen LogP contribution < -0.4 is 10.6 Å². The first-order chi connectivity index (χ1) is 7.31. The molecule has 1 aromatic heterocycles. The van der Waals surface area contributed by atoms with Crippen molar-refractivity contribution in [3.05, 3.63) is 23.9 Å². The van der Waals surface area contributed by atoms with Gasteiger partial charge in [0.15, 0.2) is 0 Å². The Balaban J connectivity index is 2.72. The third-order valence-corrected chi connectivity index (χ3v) is 2.23. The fourth-order valence-corrected chi connectivity index (χ4v) is 1.46. The van der Waals surface area contributed by atoms with E-state index in [1.54, 1.807) is 6.20 Å². The molecule has 0 aliphatic heterocycles. The molecule has 0 bridgehead atoms. The van der Waals surface area contributed by atoms with E-state index in [9.17, 15) is 0 Å². The van der Waals surface area contributed by atoms with Gasteiger partial charge in [-0.05, 0) is 18.1 Å². The van der Waals surface area contributed by atoms with Crippen molar-refractivity contribution in [2.75, 3.05) is 24.6 Å². The number of aromatic nitrogens is 1. The molecule has 1 aromatic rings. The van der Waals surface area contributed by atoms with Gasteiger partial charge < -0.3 is 15.7 Å². The topological polar surface area (TPSA) is 62.4 Å². The molecule has 1 rings (SSSR count). The van der Waals surface area contributed by atoms with Crippen LogP contribution in [0, 0.1) is 0 Å². The summed E-state index contributed by atoms with van der Waals surface area (Å²) in [6.07, 6.45) is 2.83. The van der Waals surface area contributed by atoms with Gasteiger partial charge in [-0.25, -0.2) is 4.98 Å². The number of nitrogens with two attached hydrogens (primary N) is 1. The lowest BCUT2D eigenvalue weighted by atomic mass is 10.3. The van der Waals surface area contributed by atoms with Crippen LogP contribution in [-0.4, -0.2) is 29.8 Å². The first-order valence-corrected chi connectivity index (χ1v) is 5.32. The van der Waals surface area contributed by atoms with Gasteiger partial charge in [0.25, 0.3) is 0 Å². The van der Waals surface area contributed by atoms with Crippen LogP contribution in [0.4, 0.5) is 5.82 Å².